The van der Waals surface area contributed by atoms with Crippen LogP contribution in [0.5, 0.6) is 0 Å². The third kappa shape index (κ3) is 16.3. The summed E-state index contributed by atoms with van der Waals surface area (Å²) in [7, 11) is 0. The summed E-state index contributed by atoms with van der Waals surface area (Å²) in [6, 6.07) is 0. The fourth-order valence-electron chi connectivity index (χ4n) is 2.65. The van der Waals surface area contributed by atoms with Crippen molar-refractivity contribution in [3.63, 3.8) is 0 Å². The average molecular weight is 317 g/mol. The van der Waals surface area contributed by atoms with E-state index in [2.05, 4.69) is 27.7 Å². The zero-order valence-electron chi connectivity index (χ0n) is 15.5. The van der Waals surface area contributed by atoms with Crippen molar-refractivity contribution < 1.29 is 14.6 Å². The molecule has 0 aromatic heterocycles. The van der Waals surface area contributed by atoms with Crippen LogP contribution in [-0.2, 0) is 9.47 Å². The summed E-state index contributed by atoms with van der Waals surface area (Å²) in [6.07, 6.45) is 9.34. The smallest absolute Gasteiger partial charge is 0.0701 e. The van der Waals surface area contributed by atoms with Crippen molar-refractivity contribution in [2.45, 2.75) is 72.6 Å². The van der Waals surface area contributed by atoms with E-state index in [1.165, 1.54) is 38.5 Å². The second-order valence-corrected chi connectivity index (χ2v) is 7.20. The molecule has 0 aliphatic rings. The molecule has 0 rings (SSSR count). The molecule has 0 aromatic carbocycles. The molecule has 0 radical (unpaired) electrons. The maximum absolute atomic E-state index is 8.57. The molecule has 0 saturated carbocycles. The third-order valence-electron chi connectivity index (χ3n) is 4.23. The van der Waals surface area contributed by atoms with E-state index in [9.17, 15) is 0 Å². The van der Waals surface area contributed by atoms with Gasteiger partial charge in [-0.15, -0.1) is 0 Å². The van der Waals surface area contributed by atoms with E-state index in [4.69, 9.17) is 14.6 Å². The molecule has 0 fully saturated rings. The quantitative estimate of drug-likeness (QED) is 0.421. The van der Waals surface area contributed by atoms with Gasteiger partial charge in [0.1, 0.15) is 0 Å². The highest BCUT2D eigenvalue weighted by Crippen LogP contribution is 2.20. The second kappa shape index (κ2) is 15.8. The minimum atomic E-state index is 0.0902. The first-order valence-corrected chi connectivity index (χ1v) is 9.32. The summed E-state index contributed by atoms with van der Waals surface area (Å²) in [5, 5.41) is 8.57. The molecule has 0 amide bonds. The van der Waals surface area contributed by atoms with E-state index in [0.717, 1.165) is 30.8 Å². The van der Waals surface area contributed by atoms with Crippen molar-refractivity contribution in [1.82, 2.24) is 0 Å². The number of hydrogen-bond donors (Lipinski definition) is 1. The topological polar surface area (TPSA) is 38.7 Å². The molecule has 2 unspecified atom stereocenters. The minimum Gasteiger partial charge on any atom is -0.394 e. The highest BCUT2D eigenvalue weighted by molar-refractivity contribution is 4.59. The van der Waals surface area contributed by atoms with Crippen molar-refractivity contribution in [3.8, 4) is 0 Å². The van der Waals surface area contributed by atoms with Crippen LogP contribution in [0.3, 0.4) is 0 Å². The summed E-state index contributed by atoms with van der Waals surface area (Å²) in [6.45, 7) is 11.9. The lowest BCUT2D eigenvalue weighted by Crippen LogP contribution is -2.09. The van der Waals surface area contributed by atoms with Gasteiger partial charge >= 0.3 is 0 Å². The van der Waals surface area contributed by atoms with Gasteiger partial charge in [0, 0.05) is 6.61 Å². The van der Waals surface area contributed by atoms with Gasteiger partial charge in [-0.3, -0.25) is 0 Å². The van der Waals surface area contributed by atoms with Crippen LogP contribution in [0.15, 0.2) is 0 Å². The minimum absolute atomic E-state index is 0.0902. The highest BCUT2D eigenvalue weighted by Gasteiger charge is 2.06. The van der Waals surface area contributed by atoms with Crippen LogP contribution in [0, 0.1) is 17.8 Å². The molecule has 0 spiro atoms. The highest BCUT2D eigenvalue weighted by atomic mass is 16.5. The van der Waals surface area contributed by atoms with Crippen molar-refractivity contribution >= 4 is 0 Å². The molecule has 3 nitrogen and oxygen atoms in total. The van der Waals surface area contributed by atoms with Crippen molar-refractivity contribution in [1.29, 1.82) is 0 Å². The Kier molecular flexibility index (Phi) is 15.7. The predicted octanol–water partition coefficient (Wildman–Crippen LogP) is 4.67. The van der Waals surface area contributed by atoms with E-state index in [0.29, 0.717) is 19.8 Å². The van der Waals surface area contributed by atoms with Gasteiger partial charge in [-0.1, -0.05) is 66.2 Å². The van der Waals surface area contributed by atoms with E-state index >= 15 is 0 Å². The molecule has 0 bridgehead atoms. The van der Waals surface area contributed by atoms with E-state index in [1.807, 2.05) is 0 Å². The van der Waals surface area contributed by atoms with Crippen LogP contribution < -0.4 is 0 Å². The molecule has 22 heavy (non-hydrogen) atoms. The number of aliphatic hydroxyl groups excluding tert-OH is 1. The molecule has 0 aromatic rings. The fraction of sp³-hybridized carbons (Fsp3) is 1.00. The molecular weight excluding hydrogens is 276 g/mol. The van der Waals surface area contributed by atoms with Crippen molar-refractivity contribution in [2.75, 3.05) is 33.0 Å². The summed E-state index contributed by atoms with van der Waals surface area (Å²) in [4.78, 5) is 0. The van der Waals surface area contributed by atoms with Gasteiger partial charge < -0.3 is 14.6 Å². The molecule has 0 aliphatic heterocycles. The molecular formula is C19H40O3. The Balaban J connectivity index is 3.32. The molecule has 3 heteroatoms. The predicted molar refractivity (Wildman–Crippen MR) is 94.2 cm³/mol. The monoisotopic (exact) mass is 316 g/mol. The van der Waals surface area contributed by atoms with Crippen LogP contribution in [0.25, 0.3) is 0 Å². The number of aliphatic hydroxyl groups is 1. The lowest BCUT2D eigenvalue weighted by atomic mass is 9.93. The SMILES string of the molecule is CC(C)CCCC(C)CCCC(C)CCOCCOCCO. The van der Waals surface area contributed by atoms with E-state index < -0.39 is 0 Å². The number of hydrogen-bond acceptors (Lipinski definition) is 3. The van der Waals surface area contributed by atoms with Gasteiger partial charge in [0.25, 0.3) is 0 Å². The number of ether oxygens (including phenoxy) is 2. The van der Waals surface area contributed by atoms with Gasteiger partial charge in [0.05, 0.1) is 26.4 Å². The van der Waals surface area contributed by atoms with Crippen LogP contribution in [0.1, 0.15) is 72.6 Å². The first kappa shape index (κ1) is 21.9. The Morgan fingerprint density at radius 2 is 1.14 bits per heavy atom. The lowest BCUT2D eigenvalue weighted by Gasteiger charge is -2.15. The van der Waals surface area contributed by atoms with Gasteiger partial charge in [-0.25, -0.2) is 0 Å². The Bertz CT molecular complexity index is 219. The third-order valence-corrected chi connectivity index (χ3v) is 4.23. The summed E-state index contributed by atoms with van der Waals surface area (Å²) in [5.41, 5.74) is 0. The summed E-state index contributed by atoms with van der Waals surface area (Å²) in [5.74, 6) is 2.48. The molecule has 0 heterocycles. The van der Waals surface area contributed by atoms with Crippen molar-refractivity contribution in [2.24, 2.45) is 17.8 Å². The van der Waals surface area contributed by atoms with Crippen LogP contribution in [0.2, 0.25) is 0 Å². The zero-order chi connectivity index (χ0) is 16.6. The van der Waals surface area contributed by atoms with Gasteiger partial charge in [-0.2, -0.15) is 0 Å². The molecule has 0 saturated heterocycles. The maximum Gasteiger partial charge on any atom is 0.0701 e. The van der Waals surface area contributed by atoms with Crippen LogP contribution in [-0.4, -0.2) is 38.1 Å². The molecule has 1 N–H and O–H groups in total. The van der Waals surface area contributed by atoms with Gasteiger partial charge in [0.2, 0.25) is 0 Å². The van der Waals surface area contributed by atoms with Gasteiger partial charge in [0.15, 0.2) is 0 Å². The fourth-order valence-corrected chi connectivity index (χ4v) is 2.65. The largest absolute Gasteiger partial charge is 0.394 e. The van der Waals surface area contributed by atoms with Crippen LogP contribution in [0.4, 0.5) is 0 Å². The maximum atomic E-state index is 8.57. The summed E-state index contributed by atoms with van der Waals surface area (Å²) >= 11 is 0. The Hall–Kier alpha value is -0.120. The zero-order valence-corrected chi connectivity index (χ0v) is 15.5. The normalized spacial score (nSPS) is 14.5. The summed E-state index contributed by atoms with van der Waals surface area (Å²) < 4.78 is 10.7. The lowest BCUT2D eigenvalue weighted by molar-refractivity contribution is 0.0296. The Labute approximate surface area is 138 Å². The number of rotatable bonds is 16. The van der Waals surface area contributed by atoms with Crippen molar-refractivity contribution in [3.05, 3.63) is 0 Å². The first-order valence-electron chi connectivity index (χ1n) is 9.32. The van der Waals surface area contributed by atoms with Gasteiger partial charge in [-0.05, 0) is 24.2 Å². The Morgan fingerprint density at radius 3 is 1.68 bits per heavy atom. The average Bonchev–Trinajstić information content (AvgIpc) is 2.46. The standard InChI is InChI=1S/C19H40O3/c1-17(2)7-5-8-18(3)9-6-10-19(4)11-13-21-15-16-22-14-12-20/h17-20H,5-16H2,1-4H3. The van der Waals surface area contributed by atoms with E-state index in [1.54, 1.807) is 0 Å². The van der Waals surface area contributed by atoms with E-state index in [-0.39, 0.29) is 6.61 Å². The first-order chi connectivity index (χ1) is 10.6. The second-order valence-electron chi connectivity index (χ2n) is 7.20. The molecule has 134 valence electrons. The molecule has 0 aliphatic carbocycles. The Morgan fingerprint density at radius 1 is 0.636 bits per heavy atom. The molecule has 2 atom stereocenters. The van der Waals surface area contributed by atoms with Crippen LogP contribution >= 0.6 is 0 Å².